The number of fused-ring (bicyclic) bond motifs is 1. The van der Waals surface area contributed by atoms with Crippen LogP contribution >= 0.6 is 11.3 Å². The second kappa shape index (κ2) is 9.69. The van der Waals surface area contributed by atoms with E-state index in [1.54, 1.807) is 31.3 Å². The van der Waals surface area contributed by atoms with Gasteiger partial charge < -0.3 is 10.6 Å². The van der Waals surface area contributed by atoms with Crippen molar-refractivity contribution in [3.8, 4) is 0 Å². The molecule has 0 spiro atoms. The molecule has 0 saturated carbocycles. The summed E-state index contributed by atoms with van der Waals surface area (Å²) in [6, 6.07) is 11.6. The highest BCUT2D eigenvalue weighted by Gasteiger charge is 2.34. The average Bonchev–Trinajstić information content (AvgIpc) is 3.22. The Morgan fingerprint density at radius 1 is 1.10 bits per heavy atom. The number of unbranched alkanes of at least 4 members (excludes halogenated alkanes) is 1. The maximum Gasteiger partial charge on any atom is 0.261 e. The van der Waals surface area contributed by atoms with Crippen molar-refractivity contribution in [1.29, 1.82) is 0 Å². The summed E-state index contributed by atoms with van der Waals surface area (Å²) in [7, 11) is 1.76. The van der Waals surface area contributed by atoms with E-state index in [4.69, 9.17) is 0 Å². The van der Waals surface area contributed by atoms with Crippen LogP contribution in [0.5, 0.6) is 0 Å². The van der Waals surface area contributed by atoms with Gasteiger partial charge in [-0.3, -0.25) is 19.5 Å². The molecule has 1 aliphatic rings. The van der Waals surface area contributed by atoms with Crippen LogP contribution in [0.1, 0.15) is 50.2 Å². The molecular formula is C22H28N4O2S. The Hall–Kier alpha value is -2.67. The SMILES string of the molecule is CN=C(NCCCCN1C(=O)c2ccccc2C1=O)NC(C)Cc1ccc(C)s1. The third-order valence-electron chi connectivity index (χ3n) is 4.89. The van der Waals surface area contributed by atoms with Crippen molar-refractivity contribution in [2.24, 2.45) is 4.99 Å². The molecule has 1 atom stereocenters. The molecule has 2 amide bonds. The summed E-state index contributed by atoms with van der Waals surface area (Å²) >= 11 is 1.82. The highest BCUT2D eigenvalue weighted by atomic mass is 32.1. The number of benzene rings is 1. The first-order valence-electron chi connectivity index (χ1n) is 9.97. The number of rotatable bonds is 8. The van der Waals surface area contributed by atoms with Crippen LogP contribution in [-0.4, -0.2) is 48.9 Å². The van der Waals surface area contributed by atoms with Crippen LogP contribution in [0, 0.1) is 6.92 Å². The van der Waals surface area contributed by atoms with E-state index in [9.17, 15) is 9.59 Å². The van der Waals surface area contributed by atoms with Crippen LogP contribution in [0.2, 0.25) is 0 Å². The van der Waals surface area contributed by atoms with Gasteiger partial charge in [0, 0.05) is 42.4 Å². The van der Waals surface area contributed by atoms with Crippen LogP contribution < -0.4 is 10.6 Å². The number of hydrogen-bond acceptors (Lipinski definition) is 4. The Bertz CT molecular complexity index is 871. The number of carbonyl (C=O) groups excluding carboxylic acids is 2. The number of amides is 2. The number of imide groups is 1. The Labute approximate surface area is 176 Å². The zero-order valence-electron chi connectivity index (χ0n) is 17.2. The lowest BCUT2D eigenvalue weighted by Gasteiger charge is -2.18. The largest absolute Gasteiger partial charge is 0.356 e. The van der Waals surface area contributed by atoms with Crippen LogP contribution in [0.25, 0.3) is 0 Å². The summed E-state index contributed by atoms with van der Waals surface area (Å²) in [6.45, 7) is 5.43. The lowest BCUT2D eigenvalue weighted by Crippen LogP contribution is -2.43. The molecule has 1 aromatic heterocycles. The first-order valence-corrected chi connectivity index (χ1v) is 10.8. The van der Waals surface area contributed by atoms with Gasteiger partial charge in [-0.1, -0.05) is 12.1 Å². The molecule has 3 rings (SSSR count). The van der Waals surface area contributed by atoms with E-state index >= 15 is 0 Å². The normalized spacial score (nSPS) is 14.9. The van der Waals surface area contributed by atoms with Crippen LogP contribution in [0.4, 0.5) is 0 Å². The lowest BCUT2D eigenvalue weighted by atomic mass is 10.1. The van der Waals surface area contributed by atoms with Gasteiger partial charge in [-0.05, 0) is 51.0 Å². The minimum atomic E-state index is -0.186. The van der Waals surface area contributed by atoms with Crippen molar-refractivity contribution in [2.45, 2.75) is 39.2 Å². The number of nitrogens with zero attached hydrogens (tertiary/aromatic N) is 2. The molecule has 1 aliphatic heterocycles. The zero-order chi connectivity index (χ0) is 20.8. The van der Waals surface area contributed by atoms with E-state index < -0.39 is 0 Å². The number of guanidine groups is 1. The third-order valence-corrected chi connectivity index (χ3v) is 5.91. The molecule has 0 aliphatic carbocycles. The number of thiophene rings is 1. The number of aliphatic imine (C=N–C) groups is 1. The van der Waals surface area contributed by atoms with E-state index in [2.05, 4.69) is 41.6 Å². The molecule has 2 heterocycles. The molecule has 2 aromatic rings. The predicted octanol–water partition coefficient (Wildman–Crippen LogP) is 3.23. The van der Waals surface area contributed by atoms with Crippen molar-refractivity contribution in [1.82, 2.24) is 15.5 Å². The second-order valence-corrected chi connectivity index (χ2v) is 8.65. The van der Waals surface area contributed by atoms with Crippen LogP contribution in [0.15, 0.2) is 41.4 Å². The molecule has 1 unspecified atom stereocenters. The molecule has 6 nitrogen and oxygen atoms in total. The quantitative estimate of drug-likeness (QED) is 0.302. The van der Waals surface area contributed by atoms with Crippen molar-refractivity contribution in [2.75, 3.05) is 20.1 Å². The van der Waals surface area contributed by atoms with Crippen LogP contribution in [0.3, 0.4) is 0 Å². The van der Waals surface area contributed by atoms with E-state index in [0.717, 1.165) is 31.8 Å². The summed E-state index contributed by atoms with van der Waals surface area (Å²) in [4.78, 5) is 33.0. The fourth-order valence-electron chi connectivity index (χ4n) is 3.42. The predicted molar refractivity (Wildman–Crippen MR) is 118 cm³/mol. The Morgan fingerprint density at radius 3 is 2.38 bits per heavy atom. The van der Waals surface area contributed by atoms with E-state index in [1.807, 2.05) is 11.3 Å². The molecule has 0 fully saturated rings. The first kappa shape index (κ1) is 21.0. The Balaban J connectivity index is 1.37. The first-order chi connectivity index (χ1) is 14.0. The van der Waals surface area contributed by atoms with E-state index in [-0.39, 0.29) is 17.9 Å². The van der Waals surface area contributed by atoms with Gasteiger partial charge in [-0.25, -0.2) is 0 Å². The smallest absolute Gasteiger partial charge is 0.261 e. The van der Waals surface area contributed by atoms with Crippen molar-refractivity contribution in [3.05, 3.63) is 57.3 Å². The standard InChI is InChI=1S/C22H28N4O2S/c1-15(14-17-11-10-16(2)29-17)25-22(23-3)24-12-6-7-13-26-20(27)18-8-4-5-9-19(18)21(26)28/h4-5,8-11,15H,6-7,12-14H2,1-3H3,(H2,23,24,25). The van der Waals surface area contributed by atoms with Gasteiger partial charge in [0.15, 0.2) is 5.96 Å². The Morgan fingerprint density at radius 2 is 1.79 bits per heavy atom. The number of aryl methyl sites for hydroxylation is 1. The van der Waals surface area contributed by atoms with Gasteiger partial charge >= 0.3 is 0 Å². The fourth-order valence-corrected chi connectivity index (χ4v) is 4.44. The molecule has 29 heavy (non-hydrogen) atoms. The lowest BCUT2D eigenvalue weighted by molar-refractivity contribution is 0.0652. The fraction of sp³-hybridized carbons (Fsp3) is 0.409. The molecule has 0 saturated heterocycles. The van der Waals surface area contributed by atoms with Gasteiger partial charge in [0.2, 0.25) is 0 Å². The van der Waals surface area contributed by atoms with Crippen molar-refractivity contribution in [3.63, 3.8) is 0 Å². The molecule has 1 aromatic carbocycles. The molecule has 0 radical (unpaired) electrons. The maximum absolute atomic E-state index is 12.4. The minimum absolute atomic E-state index is 0.186. The topological polar surface area (TPSA) is 73.8 Å². The van der Waals surface area contributed by atoms with E-state index in [1.165, 1.54) is 14.7 Å². The summed E-state index contributed by atoms with van der Waals surface area (Å²) in [6.07, 6.45) is 2.55. The number of carbonyl (C=O) groups is 2. The number of nitrogens with one attached hydrogen (secondary N) is 2. The molecule has 7 heteroatoms. The van der Waals surface area contributed by atoms with Crippen molar-refractivity contribution >= 4 is 29.1 Å². The third kappa shape index (κ3) is 5.23. The average molecular weight is 413 g/mol. The number of hydrogen-bond donors (Lipinski definition) is 2. The highest BCUT2D eigenvalue weighted by Crippen LogP contribution is 2.22. The van der Waals surface area contributed by atoms with Gasteiger partial charge in [-0.15, -0.1) is 11.3 Å². The van der Waals surface area contributed by atoms with Crippen LogP contribution in [-0.2, 0) is 6.42 Å². The van der Waals surface area contributed by atoms with Gasteiger partial charge in [0.05, 0.1) is 11.1 Å². The van der Waals surface area contributed by atoms with Gasteiger partial charge in [-0.2, -0.15) is 0 Å². The molecule has 0 bridgehead atoms. The summed E-state index contributed by atoms with van der Waals surface area (Å²) in [5.41, 5.74) is 1.02. The highest BCUT2D eigenvalue weighted by molar-refractivity contribution is 7.11. The molecule has 154 valence electrons. The van der Waals surface area contributed by atoms with Gasteiger partial charge in [0.1, 0.15) is 0 Å². The minimum Gasteiger partial charge on any atom is -0.356 e. The van der Waals surface area contributed by atoms with E-state index in [0.29, 0.717) is 17.7 Å². The second-order valence-electron chi connectivity index (χ2n) is 7.28. The Kier molecular flexibility index (Phi) is 7.04. The molecular weight excluding hydrogens is 384 g/mol. The monoisotopic (exact) mass is 412 g/mol. The maximum atomic E-state index is 12.4. The summed E-state index contributed by atoms with van der Waals surface area (Å²) in [5, 5.41) is 6.72. The summed E-state index contributed by atoms with van der Waals surface area (Å²) < 4.78 is 0. The van der Waals surface area contributed by atoms with Crippen molar-refractivity contribution < 1.29 is 9.59 Å². The zero-order valence-corrected chi connectivity index (χ0v) is 18.0. The summed E-state index contributed by atoms with van der Waals surface area (Å²) in [5.74, 6) is 0.397. The molecule has 2 N–H and O–H groups in total. The van der Waals surface area contributed by atoms with Gasteiger partial charge in [0.25, 0.3) is 11.8 Å².